The van der Waals surface area contributed by atoms with Crippen LogP contribution in [0.1, 0.15) is 36.2 Å². The van der Waals surface area contributed by atoms with Gasteiger partial charge in [-0.2, -0.15) is 5.10 Å². The number of para-hydroxylation sites is 1. The molecule has 5 heteroatoms. The Balaban J connectivity index is 1.56. The first-order valence-electron chi connectivity index (χ1n) is 9.16. The number of amides is 1. The number of carbonyl (C=O) groups is 1. The number of nitrogens with zero attached hydrogens (tertiary/aromatic N) is 3. The molecule has 1 aromatic heterocycles. The van der Waals surface area contributed by atoms with Crippen molar-refractivity contribution in [3.8, 4) is 5.69 Å². The van der Waals surface area contributed by atoms with Crippen molar-refractivity contribution >= 4 is 5.91 Å². The molecule has 25 heavy (non-hydrogen) atoms. The lowest BCUT2D eigenvalue weighted by Crippen LogP contribution is -2.51. The van der Waals surface area contributed by atoms with E-state index in [1.165, 1.54) is 0 Å². The van der Waals surface area contributed by atoms with Crippen LogP contribution in [-0.4, -0.2) is 45.9 Å². The van der Waals surface area contributed by atoms with Crippen molar-refractivity contribution in [3.63, 3.8) is 0 Å². The average molecular weight is 339 g/mol. The maximum Gasteiger partial charge on any atom is 0.227 e. The highest BCUT2D eigenvalue weighted by atomic mass is 16.5. The van der Waals surface area contributed by atoms with E-state index in [1.807, 2.05) is 48.9 Å². The second-order valence-electron chi connectivity index (χ2n) is 7.07. The fraction of sp³-hybridized carbons (Fsp3) is 0.500. The van der Waals surface area contributed by atoms with Crippen molar-refractivity contribution in [3.05, 3.63) is 47.3 Å². The van der Waals surface area contributed by atoms with Gasteiger partial charge < -0.3 is 9.64 Å². The number of morpholine rings is 1. The molecule has 0 bridgehead atoms. The van der Waals surface area contributed by atoms with Gasteiger partial charge in [-0.15, -0.1) is 0 Å². The molecule has 1 aromatic carbocycles. The van der Waals surface area contributed by atoms with E-state index in [4.69, 9.17) is 4.74 Å². The predicted molar refractivity (Wildman–Crippen MR) is 95.8 cm³/mol. The number of rotatable bonds is 3. The molecule has 2 fully saturated rings. The van der Waals surface area contributed by atoms with Gasteiger partial charge in [-0.25, -0.2) is 4.68 Å². The van der Waals surface area contributed by atoms with Crippen LogP contribution in [-0.2, 0) is 16.0 Å². The molecule has 0 N–H and O–H groups in total. The molecule has 1 amide bonds. The molecule has 0 unspecified atom stereocenters. The van der Waals surface area contributed by atoms with E-state index in [1.54, 1.807) is 0 Å². The number of benzene rings is 1. The molecule has 1 saturated heterocycles. The van der Waals surface area contributed by atoms with E-state index in [9.17, 15) is 4.79 Å². The number of aromatic nitrogens is 2. The fourth-order valence-corrected chi connectivity index (χ4v) is 4.24. The van der Waals surface area contributed by atoms with Gasteiger partial charge in [-0.1, -0.05) is 18.2 Å². The van der Waals surface area contributed by atoms with Gasteiger partial charge in [0, 0.05) is 17.8 Å². The fourth-order valence-electron chi connectivity index (χ4n) is 4.24. The van der Waals surface area contributed by atoms with E-state index in [0.29, 0.717) is 19.6 Å². The maximum absolute atomic E-state index is 13.0. The lowest BCUT2D eigenvalue weighted by Gasteiger charge is -2.37. The first kappa shape index (κ1) is 16.3. The van der Waals surface area contributed by atoms with Crippen LogP contribution in [0.15, 0.2) is 30.3 Å². The number of hydrogen-bond acceptors (Lipinski definition) is 3. The van der Waals surface area contributed by atoms with Crippen LogP contribution in [0.5, 0.6) is 0 Å². The number of hydrogen-bond donors (Lipinski definition) is 0. The number of carbonyl (C=O) groups excluding carboxylic acids is 1. The van der Waals surface area contributed by atoms with Crippen LogP contribution in [0.4, 0.5) is 0 Å². The Morgan fingerprint density at radius 3 is 2.84 bits per heavy atom. The van der Waals surface area contributed by atoms with E-state index in [2.05, 4.69) is 10.00 Å². The molecule has 132 valence electrons. The first-order valence-corrected chi connectivity index (χ1v) is 9.16. The Kier molecular flexibility index (Phi) is 4.34. The number of aryl methyl sites for hydroxylation is 1. The minimum Gasteiger partial charge on any atom is -0.374 e. The normalized spacial score (nSPS) is 22.9. The van der Waals surface area contributed by atoms with Crippen molar-refractivity contribution in [1.29, 1.82) is 0 Å². The van der Waals surface area contributed by atoms with Crippen LogP contribution < -0.4 is 0 Å². The predicted octanol–water partition coefficient (Wildman–Crippen LogP) is 2.81. The Morgan fingerprint density at radius 2 is 2.04 bits per heavy atom. The largest absolute Gasteiger partial charge is 0.374 e. The molecule has 2 aliphatic rings. The Hall–Kier alpha value is -2.14. The van der Waals surface area contributed by atoms with Gasteiger partial charge >= 0.3 is 0 Å². The van der Waals surface area contributed by atoms with Gasteiger partial charge in [0.15, 0.2) is 0 Å². The van der Waals surface area contributed by atoms with Crippen molar-refractivity contribution in [1.82, 2.24) is 14.7 Å². The van der Waals surface area contributed by atoms with E-state index in [-0.39, 0.29) is 18.1 Å². The smallest absolute Gasteiger partial charge is 0.227 e. The monoisotopic (exact) mass is 339 g/mol. The molecule has 4 rings (SSSR count). The molecule has 1 aliphatic heterocycles. The van der Waals surface area contributed by atoms with Crippen molar-refractivity contribution in [2.75, 3.05) is 13.2 Å². The zero-order chi connectivity index (χ0) is 17.4. The molecular formula is C20H25N3O2. The SMILES string of the molecule is Cc1nn(-c2ccccc2)c(C)c1CC(=O)N1CCO[C@@H]2CCC[C@@H]21. The molecule has 1 saturated carbocycles. The third-order valence-electron chi connectivity index (χ3n) is 5.57. The van der Waals surface area contributed by atoms with Gasteiger partial charge in [0.2, 0.25) is 5.91 Å². The highest BCUT2D eigenvalue weighted by Gasteiger charge is 2.38. The molecule has 2 aromatic rings. The zero-order valence-corrected chi connectivity index (χ0v) is 14.9. The lowest BCUT2D eigenvalue weighted by atomic mass is 10.1. The van der Waals surface area contributed by atoms with Crippen LogP contribution in [0, 0.1) is 13.8 Å². The summed E-state index contributed by atoms with van der Waals surface area (Å²) in [5, 5.41) is 4.67. The van der Waals surface area contributed by atoms with Gasteiger partial charge in [-0.05, 0) is 45.2 Å². The number of fused-ring (bicyclic) bond motifs is 1. The summed E-state index contributed by atoms with van der Waals surface area (Å²) in [6.07, 6.45) is 3.97. The van der Waals surface area contributed by atoms with Gasteiger partial charge in [0.25, 0.3) is 0 Å². The van der Waals surface area contributed by atoms with Gasteiger partial charge in [0.05, 0.1) is 36.6 Å². The van der Waals surface area contributed by atoms with Crippen LogP contribution in [0.3, 0.4) is 0 Å². The maximum atomic E-state index is 13.0. The summed E-state index contributed by atoms with van der Waals surface area (Å²) in [4.78, 5) is 15.0. The van der Waals surface area contributed by atoms with Gasteiger partial charge in [-0.3, -0.25) is 4.79 Å². The summed E-state index contributed by atoms with van der Waals surface area (Å²) in [7, 11) is 0. The summed E-state index contributed by atoms with van der Waals surface area (Å²) in [6, 6.07) is 10.4. The zero-order valence-electron chi connectivity index (χ0n) is 14.9. The Morgan fingerprint density at radius 1 is 1.24 bits per heavy atom. The molecule has 0 radical (unpaired) electrons. The highest BCUT2D eigenvalue weighted by molar-refractivity contribution is 5.80. The lowest BCUT2D eigenvalue weighted by molar-refractivity contribution is -0.143. The molecule has 0 spiro atoms. The molecule has 2 atom stereocenters. The van der Waals surface area contributed by atoms with E-state index >= 15 is 0 Å². The summed E-state index contributed by atoms with van der Waals surface area (Å²) in [5.41, 5.74) is 4.07. The third-order valence-corrected chi connectivity index (χ3v) is 5.57. The van der Waals surface area contributed by atoms with Gasteiger partial charge in [0.1, 0.15) is 0 Å². The summed E-state index contributed by atoms with van der Waals surface area (Å²) >= 11 is 0. The second kappa shape index (κ2) is 6.64. The summed E-state index contributed by atoms with van der Waals surface area (Å²) in [5.74, 6) is 0.207. The molecule has 5 nitrogen and oxygen atoms in total. The summed E-state index contributed by atoms with van der Waals surface area (Å²) < 4.78 is 7.77. The third kappa shape index (κ3) is 2.97. The summed E-state index contributed by atoms with van der Waals surface area (Å²) in [6.45, 7) is 5.42. The molecule has 1 aliphatic carbocycles. The van der Waals surface area contributed by atoms with Crippen molar-refractivity contribution < 1.29 is 9.53 Å². The highest BCUT2D eigenvalue weighted by Crippen LogP contribution is 2.30. The number of ether oxygens (including phenoxy) is 1. The average Bonchev–Trinajstić information content (AvgIpc) is 3.22. The van der Waals surface area contributed by atoms with Crippen LogP contribution >= 0.6 is 0 Å². The Bertz CT molecular complexity index is 769. The van der Waals surface area contributed by atoms with Crippen molar-refractivity contribution in [2.45, 2.75) is 51.7 Å². The topological polar surface area (TPSA) is 47.4 Å². The quantitative estimate of drug-likeness (QED) is 0.864. The Labute approximate surface area is 148 Å². The molecular weight excluding hydrogens is 314 g/mol. The minimum atomic E-state index is 0.207. The van der Waals surface area contributed by atoms with E-state index in [0.717, 1.165) is 41.9 Å². The van der Waals surface area contributed by atoms with E-state index < -0.39 is 0 Å². The van der Waals surface area contributed by atoms with Crippen LogP contribution in [0.25, 0.3) is 5.69 Å². The second-order valence-corrected chi connectivity index (χ2v) is 7.07. The standard InChI is InChI=1S/C20H25N3O2/c1-14-17(15(2)23(21-14)16-7-4-3-5-8-16)13-20(24)22-11-12-25-19-10-6-9-18(19)22/h3-5,7-8,18-19H,6,9-13H2,1-2H3/t18-,19+/m0/s1. The van der Waals surface area contributed by atoms with Crippen molar-refractivity contribution in [2.24, 2.45) is 0 Å². The minimum absolute atomic E-state index is 0.207. The molecule has 2 heterocycles. The first-order chi connectivity index (χ1) is 12.1. The van der Waals surface area contributed by atoms with Crippen LogP contribution in [0.2, 0.25) is 0 Å².